The van der Waals surface area contributed by atoms with E-state index in [-0.39, 0.29) is 11.6 Å². The Labute approximate surface area is 121 Å². The number of ketones is 1. The Kier molecular flexibility index (Phi) is 3.36. The van der Waals surface area contributed by atoms with E-state index in [1.165, 1.54) is 18.2 Å². The van der Waals surface area contributed by atoms with Crippen molar-refractivity contribution in [2.75, 3.05) is 0 Å². The zero-order valence-corrected chi connectivity index (χ0v) is 11.5. The molecule has 1 heterocycles. The minimum atomic E-state index is -0.297. The van der Waals surface area contributed by atoms with Crippen molar-refractivity contribution < 1.29 is 9.18 Å². The van der Waals surface area contributed by atoms with Gasteiger partial charge in [-0.15, -0.1) is 0 Å². The van der Waals surface area contributed by atoms with Crippen molar-refractivity contribution in [3.63, 3.8) is 0 Å². The molecule has 104 valence electrons. The molecule has 1 aromatic heterocycles. The monoisotopic (exact) mass is 280 g/mol. The van der Waals surface area contributed by atoms with Gasteiger partial charge in [0.05, 0.1) is 11.0 Å². The van der Waals surface area contributed by atoms with Crippen molar-refractivity contribution in [2.24, 2.45) is 7.05 Å². The van der Waals surface area contributed by atoms with Crippen LogP contribution in [-0.2, 0) is 7.05 Å². The van der Waals surface area contributed by atoms with Gasteiger partial charge in [-0.25, -0.2) is 9.37 Å². The van der Waals surface area contributed by atoms with Gasteiger partial charge in [-0.05, 0) is 35.9 Å². The maximum absolute atomic E-state index is 12.8. The number of imidazole rings is 1. The zero-order valence-electron chi connectivity index (χ0n) is 11.5. The second-order valence-corrected chi connectivity index (χ2v) is 4.73. The second-order valence-electron chi connectivity index (χ2n) is 4.73. The Bertz CT molecular complexity index is 832. The van der Waals surface area contributed by atoms with Crippen LogP contribution in [0, 0.1) is 5.82 Å². The minimum absolute atomic E-state index is 0.182. The zero-order chi connectivity index (χ0) is 14.8. The van der Waals surface area contributed by atoms with Crippen LogP contribution in [0.5, 0.6) is 0 Å². The van der Waals surface area contributed by atoms with Crippen LogP contribution in [0.4, 0.5) is 4.39 Å². The lowest BCUT2D eigenvalue weighted by Gasteiger charge is -1.98. The van der Waals surface area contributed by atoms with Gasteiger partial charge in [0, 0.05) is 7.05 Å². The Morgan fingerprint density at radius 3 is 2.57 bits per heavy atom. The van der Waals surface area contributed by atoms with E-state index in [1.54, 1.807) is 22.8 Å². The number of aromatic nitrogens is 2. The van der Waals surface area contributed by atoms with Crippen LogP contribution in [0.15, 0.2) is 54.6 Å². The average molecular weight is 280 g/mol. The summed E-state index contributed by atoms with van der Waals surface area (Å²) in [5.74, 6) is -0.0959. The van der Waals surface area contributed by atoms with Gasteiger partial charge in [0.2, 0.25) is 5.78 Å². The molecule has 3 nitrogen and oxygen atoms in total. The largest absolute Gasteiger partial charge is 0.324 e. The van der Waals surface area contributed by atoms with E-state index in [2.05, 4.69) is 4.98 Å². The highest BCUT2D eigenvalue weighted by atomic mass is 19.1. The van der Waals surface area contributed by atoms with Gasteiger partial charge in [-0.1, -0.05) is 30.3 Å². The van der Waals surface area contributed by atoms with Crippen molar-refractivity contribution in [3.05, 3.63) is 71.8 Å². The molecule has 0 aliphatic carbocycles. The third kappa shape index (κ3) is 2.60. The van der Waals surface area contributed by atoms with E-state index in [0.717, 1.165) is 16.6 Å². The number of fused-ring (bicyclic) bond motifs is 1. The topological polar surface area (TPSA) is 34.9 Å². The van der Waals surface area contributed by atoms with Crippen LogP contribution in [-0.4, -0.2) is 15.3 Å². The molecule has 0 radical (unpaired) electrons. The summed E-state index contributed by atoms with van der Waals surface area (Å²) < 4.78 is 14.6. The summed E-state index contributed by atoms with van der Waals surface area (Å²) in [5.41, 5.74) is 2.47. The smallest absolute Gasteiger partial charge is 0.221 e. The summed E-state index contributed by atoms with van der Waals surface area (Å²) in [6.07, 6.45) is 3.11. The van der Waals surface area contributed by atoms with Gasteiger partial charge in [-0.3, -0.25) is 4.79 Å². The molecular weight excluding hydrogens is 267 g/mol. The third-order valence-corrected chi connectivity index (χ3v) is 3.30. The Morgan fingerprint density at radius 1 is 1.14 bits per heavy atom. The Morgan fingerprint density at radius 2 is 1.86 bits per heavy atom. The number of hydrogen-bond acceptors (Lipinski definition) is 2. The SMILES string of the molecule is Cn1c(C(=O)C=Cc2ccc(F)cc2)nc2ccccc21. The molecule has 0 fully saturated rings. The summed E-state index contributed by atoms with van der Waals surface area (Å²) in [6.45, 7) is 0. The third-order valence-electron chi connectivity index (χ3n) is 3.30. The van der Waals surface area contributed by atoms with Gasteiger partial charge < -0.3 is 4.57 Å². The highest BCUT2D eigenvalue weighted by Crippen LogP contribution is 2.15. The lowest BCUT2D eigenvalue weighted by molar-refractivity contribution is 0.103. The maximum atomic E-state index is 12.8. The summed E-state index contributed by atoms with van der Waals surface area (Å²) in [5, 5.41) is 0. The molecule has 0 aliphatic heterocycles. The van der Waals surface area contributed by atoms with Crippen molar-refractivity contribution in [1.29, 1.82) is 0 Å². The van der Waals surface area contributed by atoms with Gasteiger partial charge >= 0.3 is 0 Å². The molecular formula is C17H13FN2O. The first-order valence-corrected chi connectivity index (χ1v) is 6.54. The minimum Gasteiger partial charge on any atom is -0.324 e. The van der Waals surface area contributed by atoms with Crippen molar-refractivity contribution in [3.8, 4) is 0 Å². The summed E-state index contributed by atoms with van der Waals surface area (Å²) in [6, 6.07) is 13.5. The predicted molar refractivity (Wildman–Crippen MR) is 80.5 cm³/mol. The standard InChI is InChI=1S/C17H13FN2O/c1-20-15-5-3-2-4-14(15)19-17(20)16(21)11-8-12-6-9-13(18)10-7-12/h2-11H,1H3. The van der Waals surface area contributed by atoms with Crippen LogP contribution in [0.2, 0.25) is 0 Å². The second kappa shape index (κ2) is 5.32. The molecule has 0 N–H and O–H groups in total. The fourth-order valence-electron chi connectivity index (χ4n) is 2.19. The molecule has 2 aromatic carbocycles. The molecule has 21 heavy (non-hydrogen) atoms. The number of hydrogen-bond donors (Lipinski definition) is 0. The van der Waals surface area contributed by atoms with Crippen molar-refractivity contribution >= 4 is 22.9 Å². The molecule has 0 bridgehead atoms. The number of para-hydroxylation sites is 2. The quantitative estimate of drug-likeness (QED) is 0.542. The van der Waals surface area contributed by atoms with Gasteiger partial charge in [0.25, 0.3) is 0 Å². The number of benzene rings is 2. The average Bonchev–Trinajstić information content (AvgIpc) is 2.84. The number of carbonyl (C=O) groups excluding carboxylic acids is 1. The summed E-state index contributed by atoms with van der Waals surface area (Å²) in [7, 11) is 1.81. The Balaban J connectivity index is 1.90. The number of nitrogens with zero attached hydrogens (tertiary/aromatic N) is 2. The van der Waals surface area contributed by atoms with E-state index < -0.39 is 0 Å². The molecule has 0 atom stereocenters. The van der Waals surface area contributed by atoms with Crippen molar-refractivity contribution in [1.82, 2.24) is 9.55 Å². The molecule has 0 amide bonds. The fraction of sp³-hybridized carbons (Fsp3) is 0.0588. The number of rotatable bonds is 3. The first-order chi connectivity index (χ1) is 10.1. The molecule has 0 unspecified atom stereocenters. The molecule has 0 saturated heterocycles. The summed E-state index contributed by atoms with van der Waals surface area (Å²) >= 11 is 0. The van der Waals surface area contributed by atoms with Gasteiger partial charge in [-0.2, -0.15) is 0 Å². The first-order valence-electron chi connectivity index (χ1n) is 6.54. The van der Waals surface area contributed by atoms with Crippen LogP contribution in [0.25, 0.3) is 17.1 Å². The first kappa shape index (κ1) is 13.2. The number of aryl methyl sites for hydroxylation is 1. The normalized spacial score (nSPS) is 11.3. The maximum Gasteiger partial charge on any atom is 0.221 e. The molecule has 3 aromatic rings. The van der Waals surface area contributed by atoms with E-state index in [1.807, 2.05) is 31.3 Å². The van der Waals surface area contributed by atoms with Crippen LogP contribution < -0.4 is 0 Å². The number of halogens is 1. The molecule has 3 rings (SSSR count). The number of carbonyl (C=O) groups is 1. The highest BCUT2D eigenvalue weighted by molar-refractivity contribution is 6.06. The fourth-order valence-corrected chi connectivity index (χ4v) is 2.19. The van der Waals surface area contributed by atoms with E-state index in [9.17, 15) is 9.18 Å². The van der Waals surface area contributed by atoms with Crippen LogP contribution in [0.1, 0.15) is 16.2 Å². The van der Waals surface area contributed by atoms with Crippen LogP contribution in [0.3, 0.4) is 0 Å². The van der Waals surface area contributed by atoms with E-state index in [4.69, 9.17) is 0 Å². The molecule has 0 aliphatic rings. The lowest BCUT2D eigenvalue weighted by atomic mass is 10.2. The van der Waals surface area contributed by atoms with Crippen LogP contribution >= 0.6 is 0 Å². The molecule has 0 spiro atoms. The number of allylic oxidation sites excluding steroid dienone is 1. The van der Waals surface area contributed by atoms with Crippen molar-refractivity contribution in [2.45, 2.75) is 0 Å². The molecule has 0 saturated carbocycles. The van der Waals surface area contributed by atoms with E-state index >= 15 is 0 Å². The molecule has 4 heteroatoms. The highest BCUT2D eigenvalue weighted by Gasteiger charge is 2.12. The van der Waals surface area contributed by atoms with E-state index in [0.29, 0.717) is 5.82 Å². The lowest BCUT2D eigenvalue weighted by Crippen LogP contribution is -2.04. The Hall–Kier alpha value is -2.75. The van der Waals surface area contributed by atoms with Gasteiger partial charge in [0.15, 0.2) is 5.82 Å². The predicted octanol–water partition coefficient (Wildman–Crippen LogP) is 3.61. The van der Waals surface area contributed by atoms with Gasteiger partial charge in [0.1, 0.15) is 5.82 Å². The summed E-state index contributed by atoms with van der Waals surface area (Å²) in [4.78, 5) is 16.6.